The van der Waals surface area contributed by atoms with Crippen molar-refractivity contribution in [3.05, 3.63) is 35.9 Å². The maximum absolute atomic E-state index is 11.8. The van der Waals surface area contributed by atoms with Gasteiger partial charge in [0.1, 0.15) is 0 Å². The van der Waals surface area contributed by atoms with Gasteiger partial charge in [0.2, 0.25) is 0 Å². The molecule has 2 rings (SSSR count). The summed E-state index contributed by atoms with van der Waals surface area (Å²) in [6, 6.07) is 0.829. The number of hydrogen-bond donors (Lipinski definition) is 3. The lowest BCUT2D eigenvalue weighted by atomic mass is 10.2. The minimum absolute atomic E-state index is 0.000332. The van der Waals surface area contributed by atoms with Crippen LogP contribution in [0.15, 0.2) is 24.7 Å². The molecule has 20 heavy (non-hydrogen) atoms. The van der Waals surface area contributed by atoms with E-state index in [1.165, 1.54) is 18.5 Å². The van der Waals surface area contributed by atoms with E-state index in [0.717, 1.165) is 0 Å². The van der Waals surface area contributed by atoms with Crippen LogP contribution in [0.5, 0.6) is 0 Å². The highest BCUT2D eigenvalue weighted by molar-refractivity contribution is 6.00. The maximum Gasteiger partial charge on any atom is 0.337 e. The number of rotatable bonds is 3. The Kier molecular flexibility index (Phi) is 3.65. The molecule has 2 aromatic rings. The standard InChI is InChI=1S/C12H13N5O3/c1-7-10(6-17(2)16-7)15-12(20)14-9-3-8(11(18)19)4-13-5-9/h3-6H,1-2H3,(H,18,19)(H2,14,15,20). The predicted molar refractivity (Wildman–Crippen MR) is 71.8 cm³/mol. The molecule has 0 aliphatic carbocycles. The molecule has 0 aliphatic heterocycles. The number of aryl methyl sites for hydroxylation is 2. The molecule has 0 saturated heterocycles. The Balaban J connectivity index is 2.06. The van der Waals surface area contributed by atoms with Crippen molar-refractivity contribution in [2.45, 2.75) is 6.92 Å². The minimum Gasteiger partial charge on any atom is -0.478 e. The van der Waals surface area contributed by atoms with E-state index < -0.39 is 12.0 Å². The van der Waals surface area contributed by atoms with Crippen LogP contribution in [0.4, 0.5) is 16.2 Å². The van der Waals surface area contributed by atoms with Crippen LogP contribution in [-0.2, 0) is 7.05 Å². The normalized spacial score (nSPS) is 10.1. The summed E-state index contributed by atoms with van der Waals surface area (Å²) < 4.78 is 1.58. The highest BCUT2D eigenvalue weighted by atomic mass is 16.4. The van der Waals surface area contributed by atoms with Crippen LogP contribution in [-0.4, -0.2) is 31.9 Å². The Morgan fingerprint density at radius 2 is 2.05 bits per heavy atom. The zero-order chi connectivity index (χ0) is 14.7. The molecule has 0 aromatic carbocycles. The molecule has 0 spiro atoms. The van der Waals surface area contributed by atoms with Crippen LogP contribution in [0, 0.1) is 6.92 Å². The number of hydrogen-bond acceptors (Lipinski definition) is 4. The molecule has 8 nitrogen and oxygen atoms in total. The molecular weight excluding hydrogens is 262 g/mol. The van der Waals surface area contributed by atoms with Crippen molar-refractivity contribution in [3.8, 4) is 0 Å². The fourth-order valence-corrected chi connectivity index (χ4v) is 1.63. The highest BCUT2D eigenvalue weighted by Crippen LogP contribution is 2.13. The van der Waals surface area contributed by atoms with E-state index in [-0.39, 0.29) is 5.56 Å². The van der Waals surface area contributed by atoms with Crippen molar-refractivity contribution < 1.29 is 14.7 Å². The highest BCUT2D eigenvalue weighted by Gasteiger charge is 2.09. The lowest BCUT2D eigenvalue weighted by Gasteiger charge is -2.06. The average molecular weight is 275 g/mol. The summed E-state index contributed by atoms with van der Waals surface area (Å²) in [7, 11) is 1.75. The number of nitrogens with zero attached hydrogens (tertiary/aromatic N) is 3. The zero-order valence-electron chi connectivity index (χ0n) is 10.9. The third kappa shape index (κ3) is 3.10. The van der Waals surface area contributed by atoms with E-state index in [4.69, 9.17) is 5.11 Å². The van der Waals surface area contributed by atoms with Crippen LogP contribution >= 0.6 is 0 Å². The number of amides is 2. The van der Waals surface area contributed by atoms with Gasteiger partial charge in [0.25, 0.3) is 0 Å². The number of carboxylic acids is 1. The first-order valence-electron chi connectivity index (χ1n) is 5.72. The summed E-state index contributed by atoms with van der Waals surface area (Å²) in [5, 5.41) is 18.1. The Bertz CT molecular complexity index is 665. The summed E-state index contributed by atoms with van der Waals surface area (Å²) in [4.78, 5) is 26.3. The Hall–Kier alpha value is -2.90. The third-order valence-electron chi connectivity index (χ3n) is 2.50. The molecule has 8 heteroatoms. The number of aromatic carboxylic acids is 1. The van der Waals surface area contributed by atoms with Crippen molar-refractivity contribution in [2.75, 3.05) is 10.6 Å². The van der Waals surface area contributed by atoms with Crippen molar-refractivity contribution in [1.29, 1.82) is 0 Å². The second kappa shape index (κ2) is 5.39. The predicted octanol–water partition coefficient (Wildman–Crippen LogP) is 1.47. The molecule has 104 valence electrons. The molecule has 2 amide bonds. The van der Waals surface area contributed by atoms with Crippen molar-refractivity contribution >= 4 is 23.4 Å². The number of urea groups is 1. The summed E-state index contributed by atoms with van der Waals surface area (Å²) in [5.74, 6) is -1.11. The lowest BCUT2D eigenvalue weighted by Crippen LogP contribution is -2.20. The van der Waals surface area contributed by atoms with Gasteiger partial charge in [-0.15, -0.1) is 0 Å². The molecule has 0 bridgehead atoms. The fraction of sp³-hybridized carbons (Fsp3) is 0.167. The number of pyridine rings is 1. The minimum atomic E-state index is -1.11. The molecule has 0 fully saturated rings. The molecular formula is C12H13N5O3. The van der Waals surface area contributed by atoms with Gasteiger partial charge in [-0.05, 0) is 13.0 Å². The lowest BCUT2D eigenvalue weighted by molar-refractivity contribution is 0.0696. The van der Waals surface area contributed by atoms with E-state index in [9.17, 15) is 9.59 Å². The molecule has 0 radical (unpaired) electrons. The molecule has 3 N–H and O–H groups in total. The largest absolute Gasteiger partial charge is 0.478 e. The van der Waals surface area contributed by atoms with E-state index in [0.29, 0.717) is 17.1 Å². The molecule has 0 unspecified atom stereocenters. The third-order valence-corrected chi connectivity index (χ3v) is 2.50. The summed E-state index contributed by atoms with van der Waals surface area (Å²) in [6.45, 7) is 1.77. The zero-order valence-corrected chi connectivity index (χ0v) is 10.9. The molecule has 2 heterocycles. The fourth-order valence-electron chi connectivity index (χ4n) is 1.63. The van der Waals surface area contributed by atoms with Gasteiger partial charge >= 0.3 is 12.0 Å². The van der Waals surface area contributed by atoms with Crippen molar-refractivity contribution in [1.82, 2.24) is 14.8 Å². The topological polar surface area (TPSA) is 109 Å². The Morgan fingerprint density at radius 1 is 1.30 bits per heavy atom. The van der Waals surface area contributed by atoms with Crippen molar-refractivity contribution in [3.63, 3.8) is 0 Å². The number of anilines is 2. The number of aromatic nitrogens is 3. The molecule has 0 saturated carbocycles. The number of carboxylic acid groups (broad SMARTS) is 1. The van der Waals surface area contributed by atoms with E-state index >= 15 is 0 Å². The van der Waals surface area contributed by atoms with Gasteiger partial charge in [0.05, 0.1) is 28.8 Å². The number of nitrogens with one attached hydrogen (secondary N) is 2. The number of carbonyl (C=O) groups is 2. The first kappa shape index (κ1) is 13.5. The van der Waals surface area contributed by atoms with Gasteiger partial charge in [0, 0.05) is 19.4 Å². The first-order chi connectivity index (χ1) is 9.45. The van der Waals surface area contributed by atoms with E-state index in [1.54, 1.807) is 24.9 Å². The van der Waals surface area contributed by atoms with Crippen LogP contribution in [0.1, 0.15) is 16.1 Å². The maximum atomic E-state index is 11.8. The smallest absolute Gasteiger partial charge is 0.337 e. The van der Waals surface area contributed by atoms with E-state index in [1.807, 2.05) is 0 Å². The van der Waals surface area contributed by atoms with E-state index in [2.05, 4.69) is 20.7 Å². The Labute approximate surface area is 114 Å². The first-order valence-corrected chi connectivity index (χ1v) is 5.72. The van der Waals surface area contributed by atoms with Crippen LogP contribution in [0.3, 0.4) is 0 Å². The summed E-state index contributed by atoms with van der Waals surface area (Å²) in [6.07, 6.45) is 4.24. The van der Waals surface area contributed by atoms with Gasteiger partial charge < -0.3 is 15.7 Å². The average Bonchev–Trinajstić information content (AvgIpc) is 2.67. The van der Waals surface area contributed by atoms with Crippen LogP contribution in [0.2, 0.25) is 0 Å². The van der Waals surface area contributed by atoms with Crippen LogP contribution in [0.25, 0.3) is 0 Å². The molecule has 0 atom stereocenters. The van der Waals surface area contributed by atoms with Crippen LogP contribution < -0.4 is 10.6 Å². The van der Waals surface area contributed by atoms with Gasteiger partial charge in [-0.2, -0.15) is 5.10 Å². The second-order valence-corrected chi connectivity index (χ2v) is 4.15. The Morgan fingerprint density at radius 3 is 2.65 bits per heavy atom. The number of carbonyl (C=O) groups excluding carboxylic acids is 1. The SMILES string of the molecule is Cc1nn(C)cc1NC(=O)Nc1cncc(C(=O)O)c1. The monoisotopic (exact) mass is 275 g/mol. The van der Waals surface area contributed by atoms with Crippen molar-refractivity contribution in [2.24, 2.45) is 7.05 Å². The summed E-state index contributed by atoms with van der Waals surface area (Å²) >= 11 is 0. The van der Waals surface area contributed by atoms with Gasteiger partial charge in [-0.3, -0.25) is 9.67 Å². The van der Waals surface area contributed by atoms with Gasteiger partial charge in [-0.25, -0.2) is 9.59 Å². The summed E-state index contributed by atoms with van der Waals surface area (Å²) in [5.41, 5.74) is 1.55. The second-order valence-electron chi connectivity index (χ2n) is 4.15. The molecule has 2 aromatic heterocycles. The quantitative estimate of drug-likeness (QED) is 0.785. The molecule has 0 aliphatic rings. The van der Waals surface area contributed by atoms with Gasteiger partial charge in [0.15, 0.2) is 0 Å². The van der Waals surface area contributed by atoms with Gasteiger partial charge in [-0.1, -0.05) is 0 Å².